The van der Waals surface area contributed by atoms with E-state index in [1.165, 1.54) is 0 Å². The summed E-state index contributed by atoms with van der Waals surface area (Å²) >= 11 is 10.9. The number of fused-ring (bicyclic) bond motifs is 1. The molecule has 0 aliphatic heterocycles. The molecule has 1 aliphatic carbocycles. The van der Waals surface area contributed by atoms with Gasteiger partial charge in [-0.3, -0.25) is 9.59 Å². The van der Waals surface area contributed by atoms with Gasteiger partial charge in [0.2, 0.25) is 5.24 Å². The summed E-state index contributed by atoms with van der Waals surface area (Å²) in [5.41, 5.74) is 2.08. The number of carbonyl (C=O) groups excluding carboxylic acids is 2. The Morgan fingerprint density at radius 3 is 2.50 bits per heavy atom. The van der Waals surface area contributed by atoms with Gasteiger partial charge in [0.15, 0.2) is 0 Å². The fraction of sp³-hybridized carbons (Fsp3) is 0.167. The van der Waals surface area contributed by atoms with Gasteiger partial charge in [0.25, 0.3) is 5.24 Å². The maximum absolute atomic E-state index is 11.3. The van der Waals surface area contributed by atoms with E-state index in [2.05, 4.69) is 0 Å². The van der Waals surface area contributed by atoms with Crippen LogP contribution in [0, 0.1) is 5.92 Å². The lowest BCUT2D eigenvalue weighted by molar-refractivity contribution is -0.113. The average molecular weight is 255 g/mol. The number of carbonyl (C=O) groups is 2. The van der Waals surface area contributed by atoms with Crippen molar-refractivity contribution < 1.29 is 9.59 Å². The highest BCUT2D eigenvalue weighted by molar-refractivity contribution is 6.74. The van der Waals surface area contributed by atoms with Gasteiger partial charge in [-0.25, -0.2) is 0 Å². The van der Waals surface area contributed by atoms with Crippen molar-refractivity contribution >= 4 is 39.3 Å². The Balaban J connectivity index is 2.53. The van der Waals surface area contributed by atoms with Crippen LogP contribution in [0.4, 0.5) is 0 Å². The molecule has 1 aliphatic rings. The van der Waals surface area contributed by atoms with Gasteiger partial charge in [-0.15, -0.1) is 0 Å². The molecule has 2 nitrogen and oxygen atoms in total. The third kappa shape index (κ3) is 2.04. The van der Waals surface area contributed by atoms with E-state index in [9.17, 15) is 9.59 Å². The van der Waals surface area contributed by atoms with Crippen molar-refractivity contribution in [3.63, 3.8) is 0 Å². The Bertz CT molecular complexity index is 492. The lowest BCUT2D eigenvalue weighted by Crippen LogP contribution is -2.17. The molecule has 2 rings (SSSR count). The molecule has 4 heteroatoms. The topological polar surface area (TPSA) is 34.1 Å². The molecule has 0 saturated carbocycles. The Morgan fingerprint density at radius 1 is 1.19 bits per heavy atom. The fourth-order valence-corrected chi connectivity index (χ4v) is 2.17. The Labute approximate surface area is 103 Å². The molecule has 0 bridgehead atoms. The minimum atomic E-state index is -0.560. The van der Waals surface area contributed by atoms with Crippen molar-refractivity contribution in [2.75, 3.05) is 0 Å². The molecule has 1 aromatic carbocycles. The second kappa shape index (κ2) is 4.40. The fourth-order valence-electron chi connectivity index (χ4n) is 1.87. The van der Waals surface area contributed by atoms with Crippen LogP contribution in [0.1, 0.15) is 11.1 Å². The number of halogens is 2. The summed E-state index contributed by atoms with van der Waals surface area (Å²) in [5, 5.41) is -1.03. The van der Waals surface area contributed by atoms with E-state index >= 15 is 0 Å². The highest BCUT2D eigenvalue weighted by Crippen LogP contribution is 2.31. The Hall–Kier alpha value is -1.12. The van der Waals surface area contributed by atoms with E-state index in [0.29, 0.717) is 12.0 Å². The van der Waals surface area contributed by atoms with Gasteiger partial charge >= 0.3 is 0 Å². The Kier molecular flexibility index (Phi) is 3.13. The molecule has 0 amide bonds. The summed E-state index contributed by atoms with van der Waals surface area (Å²) in [5.74, 6) is -0.464. The summed E-state index contributed by atoms with van der Waals surface area (Å²) in [4.78, 5) is 22.4. The normalized spacial score (nSPS) is 18.6. The summed E-state index contributed by atoms with van der Waals surface area (Å²) in [6.45, 7) is 0. The molecule has 1 unspecified atom stereocenters. The van der Waals surface area contributed by atoms with Crippen molar-refractivity contribution in [3.05, 3.63) is 41.5 Å². The van der Waals surface area contributed by atoms with Gasteiger partial charge in [-0.2, -0.15) is 0 Å². The monoisotopic (exact) mass is 254 g/mol. The van der Waals surface area contributed by atoms with Crippen LogP contribution < -0.4 is 0 Å². The zero-order valence-electron chi connectivity index (χ0n) is 8.24. The van der Waals surface area contributed by atoms with Gasteiger partial charge < -0.3 is 0 Å². The highest BCUT2D eigenvalue weighted by atomic mass is 35.5. The van der Waals surface area contributed by atoms with Crippen molar-refractivity contribution in [3.8, 4) is 0 Å². The molecule has 0 heterocycles. The van der Waals surface area contributed by atoms with Crippen LogP contribution in [0.3, 0.4) is 0 Å². The van der Waals surface area contributed by atoms with E-state index in [-0.39, 0.29) is 0 Å². The molecular formula is C12H8Cl2O2. The molecule has 16 heavy (non-hydrogen) atoms. The first kappa shape index (κ1) is 11.4. The average Bonchev–Trinajstić information content (AvgIpc) is 2.27. The molecule has 0 spiro atoms. The lowest BCUT2D eigenvalue weighted by atomic mass is 9.85. The third-order valence-corrected chi connectivity index (χ3v) is 3.10. The second-order valence-corrected chi connectivity index (χ2v) is 4.34. The van der Waals surface area contributed by atoms with Crippen molar-refractivity contribution in [2.24, 2.45) is 5.92 Å². The van der Waals surface area contributed by atoms with E-state index in [1.54, 1.807) is 6.08 Å². The molecule has 0 aromatic heterocycles. The number of hydrogen-bond donors (Lipinski definition) is 0. The largest absolute Gasteiger partial charge is 0.281 e. The highest BCUT2D eigenvalue weighted by Gasteiger charge is 2.25. The SMILES string of the molecule is O=C(Cl)C1=CC(C(=O)Cl)Cc2ccccc21. The van der Waals surface area contributed by atoms with Crippen LogP contribution in [-0.2, 0) is 16.0 Å². The first-order valence-corrected chi connectivity index (χ1v) is 5.54. The van der Waals surface area contributed by atoms with Gasteiger partial charge in [0.05, 0.1) is 5.92 Å². The number of benzene rings is 1. The first-order chi connectivity index (χ1) is 7.59. The smallest absolute Gasteiger partial charge is 0.252 e. The van der Waals surface area contributed by atoms with Crippen molar-refractivity contribution in [2.45, 2.75) is 6.42 Å². The van der Waals surface area contributed by atoms with E-state index in [1.807, 2.05) is 24.3 Å². The number of hydrogen-bond acceptors (Lipinski definition) is 2. The first-order valence-electron chi connectivity index (χ1n) is 4.79. The minimum absolute atomic E-state index is 0.363. The zero-order valence-corrected chi connectivity index (χ0v) is 9.76. The third-order valence-electron chi connectivity index (χ3n) is 2.62. The molecule has 1 atom stereocenters. The van der Waals surface area contributed by atoms with Crippen LogP contribution in [0.5, 0.6) is 0 Å². The van der Waals surface area contributed by atoms with Gasteiger partial charge in [0, 0.05) is 5.57 Å². The maximum atomic E-state index is 11.3. The predicted molar refractivity (Wildman–Crippen MR) is 63.3 cm³/mol. The molecule has 0 fully saturated rings. The molecule has 1 aromatic rings. The van der Waals surface area contributed by atoms with Crippen LogP contribution >= 0.6 is 23.2 Å². The van der Waals surface area contributed by atoms with Crippen LogP contribution in [0.2, 0.25) is 0 Å². The number of rotatable bonds is 2. The summed E-state index contributed by atoms with van der Waals surface area (Å²) in [7, 11) is 0. The van der Waals surface area contributed by atoms with E-state index in [0.717, 1.165) is 11.1 Å². The summed E-state index contributed by atoms with van der Waals surface area (Å²) < 4.78 is 0. The van der Waals surface area contributed by atoms with E-state index < -0.39 is 16.4 Å². The van der Waals surface area contributed by atoms with Crippen molar-refractivity contribution in [1.29, 1.82) is 0 Å². The minimum Gasteiger partial charge on any atom is -0.281 e. The predicted octanol–water partition coefficient (Wildman–Crippen LogP) is 2.77. The molecular weight excluding hydrogens is 247 g/mol. The van der Waals surface area contributed by atoms with Gasteiger partial charge in [-0.05, 0) is 40.7 Å². The quantitative estimate of drug-likeness (QED) is 0.761. The number of allylic oxidation sites excluding steroid dienone is 2. The van der Waals surface area contributed by atoms with Crippen LogP contribution in [0.25, 0.3) is 5.57 Å². The molecule has 0 saturated heterocycles. The maximum Gasteiger partial charge on any atom is 0.252 e. The van der Waals surface area contributed by atoms with Gasteiger partial charge in [0.1, 0.15) is 0 Å². The molecule has 0 radical (unpaired) electrons. The zero-order chi connectivity index (χ0) is 11.7. The lowest BCUT2D eigenvalue weighted by Gasteiger charge is -2.19. The standard InChI is InChI=1S/C12H8Cl2O2/c13-11(15)8-5-7-3-1-2-4-9(7)10(6-8)12(14)16/h1-4,6,8H,5H2. The van der Waals surface area contributed by atoms with Gasteiger partial charge in [-0.1, -0.05) is 30.3 Å². The second-order valence-electron chi connectivity index (χ2n) is 3.63. The summed E-state index contributed by atoms with van der Waals surface area (Å²) in [6.07, 6.45) is 2.07. The Morgan fingerprint density at radius 2 is 1.88 bits per heavy atom. The van der Waals surface area contributed by atoms with Crippen LogP contribution in [-0.4, -0.2) is 10.5 Å². The molecule has 0 N–H and O–H groups in total. The van der Waals surface area contributed by atoms with E-state index in [4.69, 9.17) is 23.2 Å². The summed E-state index contributed by atoms with van der Waals surface area (Å²) in [6, 6.07) is 7.37. The van der Waals surface area contributed by atoms with Crippen molar-refractivity contribution in [1.82, 2.24) is 0 Å². The molecule has 82 valence electrons. The van der Waals surface area contributed by atoms with Crippen LogP contribution in [0.15, 0.2) is 30.3 Å².